The monoisotopic (exact) mass is 396 g/mol. The summed E-state index contributed by atoms with van der Waals surface area (Å²) in [4.78, 5) is 11.5. The molecule has 3 heteroatoms. The fraction of sp³-hybridized carbons (Fsp3) is 0.115. The molecule has 1 heterocycles. The van der Waals surface area contributed by atoms with Crippen LogP contribution in [-0.2, 0) is 16.0 Å². The van der Waals surface area contributed by atoms with Gasteiger partial charge in [-0.25, -0.2) is 4.79 Å². The zero-order valence-electron chi connectivity index (χ0n) is 16.2. The Morgan fingerprint density at radius 3 is 2.62 bits per heavy atom. The Labute approximate surface area is 173 Å². The number of thiophene rings is 1. The van der Waals surface area contributed by atoms with Crippen molar-refractivity contribution in [2.24, 2.45) is 0 Å². The van der Waals surface area contributed by atoms with Gasteiger partial charge in [0.25, 0.3) is 0 Å². The summed E-state index contributed by atoms with van der Waals surface area (Å²) in [6.45, 7) is 5.96. The lowest BCUT2D eigenvalue weighted by atomic mass is 9.93. The second kappa shape index (κ2) is 7.02. The Bertz CT molecular complexity index is 1430. The lowest BCUT2D eigenvalue weighted by Gasteiger charge is -2.12. The summed E-state index contributed by atoms with van der Waals surface area (Å²) in [6.07, 6.45) is 1.90. The number of carbonyl (C=O) groups excluding carboxylic acids is 1. The van der Waals surface area contributed by atoms with E-state index in [-0.39, 0.29) is 5.97 Å². The van der Waals surface area contributed by atoms with Crippen molar-refractivity contribution >= 4 is 59.0 Å². The first-order valence-electron chi connectivity index (χ1n) is 9.72. The van der Waals surface area contributed by atoms with E-state index in [0.29, 0.717) is 13.0 Å². The van der Waals surface area contributed by atoms with Crippen LogP contribution >= 0.6 is 11.3 Å². The molecular weight excluding hydrogens is 376 g/mol. The molecule has 0 unspecified atom stereocenters. The smallest absolute Gasteiger partial charge is 0.330 e. The molecule has 1 aromatic heterocycles. The van der Waals surface area contributed by atoms with Crippen LogP contribution in [0.1, 0.15) is 11.1 Å². The van der Waals surface area contributed by atoms with E-state index in [1.54, 1.807) is 0 Å². The van der Waals surface area contributed by atoms with Crippen molar-refractivity contribution in [3.63, 3.8) is 0 Å². The van der Waals surface area contributed by atoms with E-state index in [4.69, 9.17) is 4.74 Å². The zero-order chi connectivity index (χ0) is 20.0. The number of ether oxygens (including phenoxy) is 1. The molecule has 5 rings (SSSR count). The number of benzene rings is 4. The molecule has 2 nitrogen and oxygen atoms in total. The first kappa shape index (κ1) is 17.9. The average Bonchev–Trinajstić information content (AvgIpc) is 3.14. The second-order valence-corrected chi connectivity index (χ2v) is 8.34. The molecule has 0 fully saturated rings. The van der Waals surface area contributed by atoms with Gasteiger partial charge in [0, 0.05) is 32.7 Å². The maximum Gasteiger partial charge on any atom is 0.330 e. The van der Waals surface area contributed by atoms with Gasteiger partial charge in [-0.15, -0.1) is 11.3 Å². The van der Waals surface area contributed by atoms with Crippen LogP contribution in [0.3, 0.4) is 0 Å². The molecule has 0 saturated heterocycles. The number of esters is 1. The first-order valence-corrected chi connectivity index (χ1v) is 10.5. The van der Waals surface area contributed by atoms with E-state index in [1.165, 1.54) is 58.9 Å². The minimum absolute atomic E-state index is 0.353. The van der Waals surface area contributed by atoms with Crippen molar-refractivity contribution in [1.82, 2.24) is 0 Å². The highest BCUT2D eigenvalue weighted by molar-refractivity contribution is 7.26. The summed E-state index contributed by atoms with van der Waals surface area (Å²) in [7, 11) is 0. The van der Waals surface area contributed by atoms with Crippen molar-refractivity contribution in [3.05, 3.63) is 84.4 Å². The summed E-state index contributed by atoms with van der Waals surface area (Å²) in [6, 6.07) is 21.8. The molecule has 5 aromatic rings. The van der Waals surface area contributed by atoms with Gasteiger partial charge >= 0.3 is 5.97 Å². The molecule has 4 aromatic carbocycles. The molecule has 142 valence electrons. The highest BCUT2D eigenvalue weighted by Gasteiger charge is 2.15. The Morgan fingerprint density at radius 1 is 0.966 bits per heavy atom. The number of aryl methyl sites for hydroxylation is 1. The summed E-state index contributed by atoms with van der Waals surface area (Å²) in [5.74, 6) is -0.375. The fourth-order valence-corrected chi connectivity index (χ4v) is 5.47. The third-order valence-corrected chi connectivity index (χ3v) is 6.82. The predicted molar refractivity (Wildman–Crippen MR) is 124 cm³/mol. The first-order chi connectivity index (χ1) is 14.2. The normalized spacial score (nSPS) is 11.5. The molecule has 0 spiro atoms. The van der Waals surface area contributed by atoms with Gasteiger partial charge in [0.05, 0.1) is 6.61 Å². The molecule has 0 aliphatic carbocycles. The second-order valence-electron chi connectivity index (χ2n) is 7.28. The van der Waals surface area contributed by atoms with Crippen LogP contribution in [0, 0.1) is 6.92 Å². The van der Waals surface area contributed by atoms with E-state index >= 15 is 0 Å². The number of rotatable bonds is 4. The van der Waals surface area contributed by atoms with Gasteiger partial charge in [-0.05, 0) is 45.7 Å². The average molecular weight is 397 g/mol. The summed E-state index contributed by atoms with van der Waals surface area (Å²) in [5.41, 5.74) is 2.47. The van der Waals surface area contributed by atoms with Crippen LogP contribution in [-0.4, -0.2) is 12.6 Å². The quantitative estimate of drug-likeness (QED) is 0.243. The van der Waals surface area contributed by atoms with Gasteiger partial charge in [0.15, 0.2) is 0 Å². The molecule has 29 heavy (non-hydrogen) atoms. The molecule has 0 bridgehead atoms. The third kappa shape index (κ3) is 2.90. The van der Waals surface area contributed by atoms with Crippen molar-refractivity contribution in [2.45, 2.75) is 13.3 Å². The van der Waals surface area contributed by atoms with Crippen LogP contribution in [0.2, 0.25) is 0 Å². The highest BCUT2D eigenvalue weighted by atomic mass is 32.1. The van der Waals surface area contributed by atoms with E-state index in [9.17, 15) is 4.79 Å². The fourth-order valence-electron chi connectivity index (χ4n) is 4.22. The molecule has 0 amide bonds. The van der Waals surface area contributed by atoms with Gasteiger partial charge in [0.2, 0.25) is 0 Å². The van der Waals surface area contributed by atoms with E-state index in [0.717, 1.165) is 0 Å². The van der Waals surface area contributed by atoms with E-state index in [2.05, 4.69) is 74.2 Å². The van der Waals surface area contributed by atoms with Crippen molar-refractivity contribution < 1.29 is 9.53 Å². The number of fused-ring (bicyclic) bond motifs is 7. The van der Waals surface area contributed by atoms with Crippen LogP contribution < -0.4 is 0 Å². The summed E-state index contributed by atoms with van der Waals surface area (Å²) < 4.78 is 7.90. The Kier molecular flexibility index (Phi) is 4.33. The van der Waals surface area contributed by atoms with Crippen molar-refractivity contribution in [1.29, 1.82) is 0 Å². The predicted octanol–water partition coefficient (Wildman–Crippen LogP) is 6.94. The maximum atomic E-state index is 11.5. The lowest BCUT2D eigenvalue weighted by Crippen LogP contribution is -2.05. The standard InChI is InChI=1S/C26H20O2S/c1-3-23(27)28-15-14-19-16(2)8-9-18-11-13-22-25(24(18)19)21-12-10-17-6-4-5-7-20(17)26(21)29-22/h3-13H,1,14-15H2,2H3. The molecule has 0 radical (unpaired) electrons. The van der Waals surface area contributed by atoms with Crippen LogP contribution in [0.25, 0.3) is 41.7 Å². The number of hydrogen-bond donors (Lipinski definition) is 0. The van der Waals surface area contributed by atoms with Gasteiger partial charge < -0.3 is 4.74 Å². The van der Waals surface area contributed by atoms with Crippen molar-refractivity contribution in [3.8, 4) is 0 Å². The SMILES string of the molecule is C=CC(=O)OCCc1c(C)ccc2ccc3sc4c5ccccc5ccc4c3c12. The minimum atomic E-state index is -0.375. The van der Waals surface area contributed by atoms with Gasteiger partial charge in [-0.3, -0.25) is 0 Å². The summed E-state index contributed by atoms with van der Waals surface area (Å²) >= 11 is 1.85. The van der Waals surface area contributed by atoms with Crippen LogP contribution in [0.15, 0.2) is 73.3 Å². The topological polar surface area (TPSA) is 26.3 Å². The zero-order valence-corrected chi connectivity index (χ0v) is 17.0. The molecule has 0 saturated carbocycles. The van der Waals surface area contributed by atoms with E-state index < -0.39 is 0 Å². The van der Waals surface area contributed by atoms with Gasteiger partial charge in [0.1, 0.15) is 0 Å². The molecule has 0 aliphatic rings. The summed E-state index contributed by atoms with van der Waals surface area (Å²) in [5, 5.41) is 7.67. The Morgan fingerprint density at radius 2 is 1.76 bits per heavy atom. The third-order valence-electron chi connectivity index (χ3n) is 5.61. The van der Waals surface area contributed by atoms with Crippen molar-refractivity contribution in [2.75, 3.05) is 6.61 Å². The number of hydrogen-bond acceptors (Lipinski definition) is 3. The molecule has 0 atom stereocenters. The van der Waals surface area contributed by atoms with Crippen LogP contribution in [0.4, 0.5) is 0 Å². The van der Waals surface area contributed by atoms with E-state index in [1.807, 2.05) is 11.3 Å². The number of carbonyl (C=O) groups is 1. The largest absolute Gasteiger partial charge is 0.462 e. The highest BCUT2D eigenvalue weighted by Crippen LogP contribution is 2.43. The minimum Gasteiger partial charge on any atom is -0.462 e. The molecular formula is C26H20O2S. The Balaban J connectivity index is 1.80. The van der Waals surface area contributed by atoms with Gasteiger partial charge in [-0.2, -0.15) is 0 Å². The van der Waals surface area contributed by atoms with Crippen LogP contribution in [0.5, 0.6) is 0 Å². The Hall–Kier alpha value is -3.17. The molecule has 0 aliphatic heterocycles. The molecule has 0 N–H and O–H groups in total. The maximum absolute atomic E-state index is 11.5. The lowest BCUT2D eigenvalue weighted by molar-refractivity contribution is -0.137. The van der Waals surface area contributed by atoms with Gasteiger partial charge in [-0.1, -0.05) is 61.2 Å².